The zero-order chi connectivity index (χ0) is 18.1. The molecule has 0 fully saturated rings. The SMILES string of the molecule is C=C(C)N1CCc2cc(Br)c(S(=O)(=O)NC(=S)CCC(C)O)cc21. The fraction of sp³-hybridized carbons (Fsp3) is 0.438. The third-order valence-electron chi connectivity index (χ3n) is 3.82. The summed E-state index contributed by atoms with van der Waals surface area (Å²) in [6, 6.07) is 3.49. The molecule has 0 radical (unpaired) electrons. The van der Waals surface area contributed by atoms with E-state index in [-0.39, 0.29) is 9.88 Å². The highest BCUT2D eigenvalue weighted by Crippen LogP contribution is 2.36. The monoisotopic (exact) mass is 432 g/mol. The van der Waals surface area contributed by atoms with Gasteiger partial charge in [-0.15, -0.1) is 0 Å². The maximum absolute atomic E-state index is 12.7. The van der Waals surface area contributed by atoms with Gasteiger partial charge in [-0.25, -0.2) is 8.42 Å². The first kappa shape index (κ1) is 19.4. The number of aliphatic hydroxyl groups is 1. The van der Waals surface area contributed by atoms with Crippen LogP contribution in [0.25, 0.3) is 0 Å². The van der Waals surface area contributed by atoms with Gasteiger partial charge in [-0.05, 0) is 60.3 Å². The van der Waals surface area contributed by atoms with E-state index < -0.39 is 16.1 Å². The summed E-state index contributed by atoms with van der Waals surface area (Å²) in [5.74, 6) is 0. The first-order chi connectivity index (χ1) is 11.1. The zero-order valence-corrected chi connectivity index (χ0v) is 16.9. The number of fused-ring (bicyclic) bond motifs is 1. The minimum atomic E-state index is -3.78. The molecule has 5 nitrogen and oxygen atoms in total. The lowest BCUT2D eigenvalue weighted by molar-refractivity contribution is 0.187. The number of anilines is 1. The molecule has 2 N–H and O–H groups in total. The third kappa shape index (κ3) is 4.36. The van der Waals surface area contributed by atoms with Crippen LogP contribution >= 0.6 is 28.1 Å². The molecule has 0 amide bonds. The lowest BCUT2D eigenvalue weighted by Gasteiger charge is -2.20. The molecule has 1 aliphatic rings. The molecule has 2 rings (SSSR count). The third-order valence-corrected chi connectivity index (χ3v) is 6.60. The van der Waals surface area contributed by atoms with Gasteiger partial charge in [-0.2, -0.15) is 0 Å². The van der Waals surface area contributed by atoms with Crippen LogP contribution in [-0.4, -0.2) is 31.2 Å². The first-order valence-corrected chi connectivity index (χ1v) is 10.3. The summed E-state index contributed by atoms with van der Waals surface area (Å²) in [7, 11) is -3.78. The van der Waals surface area contributed by atoms with E-state index in [9.17, 15) is 13.5 Å². The van der Waals surface area contributed by atoms with Crippen LogP contribution in [-0.2, 0) is 16.4 Å². The predicted octanol–water partition coefficient (Wildman–Crippen LogP) is 3.11. The van der Waals surface area contributed by atoms with Crippen molar-refractivity contribution in [3.8, 4) is 0 Å². The molecule has 24 heavy (non-hydrogen) atoms. The Hall–Kier alpha value is -0.960. The van der Waals surface area contributed by atoms with Gasteiger partial charge in [0, 0.05) is 28.8 Å². The van der Waals surface area contributed by atoms with Crippen molar-refractivity contribution in [3.05, 3.63) is 34.4 Å². The van der Waals surface area contributed by atoms with Gasteiger partial charge in [-0.1, -0.05) is 18.8 Å². The summed E-state index contributed by atoms with van der Waals surface area (Å²) in [6.45, 7) is 8.27. The molecule has 1 heterocycles. The summed E-state index contributed by atoms with van der Waals surface area (Å²) in [5, 5.41) is 9.29. The molecular formula is C16H21BrN2O3S2. The van der Waals surface area contributed by atoms with Gasteiger partial charge >= 0.3 is 0 Å². The second-order valence-electron chi connectivity index (χ2n) is 5.96. The smallest absolute Gasteiger partial charge is 0.263 e. The Kier molecular flexibility index (Phi) is 6.06. The molecule has 0 aliphatic carbocycles. The number of rotatable bonds is 6. The van der Waals surface area contributed by atoms with E-state index >= 15 is 0 Å². The van der Waals surface area contributed by atoms with Gasteiger partial charge in [0.25, 0.3) is 10.0 Å². The number of aliphatic hydroxyl groups excluding tert-OH is 1. The summed E-state index contributed by atoms with van der Waals surface area (Å²) < 4.78 is 28.2. The van der Waals surface area contributed by atoms with Gasteiger partial charge < -0.3 is 10.0 Å². The average Bonchev–Trinajstić information content (AvgIpc) is 2.86. The van der Waals surface area contributed by atoms with Gasteiger partial charge in [0.15, 0.2) is 0 Å². The summed E-state index contributed by atoms with van der Waals surface area (Å²) in [6.07, 6.45) is 1.05. The van der Waals surface area contributed by atoms with Crippen LogP contribution in [0.5, 0.6) is 0 Å². The molecule has 132 valence electrons. The lowest BCUT2D eigenvalue weighted by atomic mass is 10.2. The Labute approximate surface area is 156 Å². The normalized spacial score (nSPS) is 15.1. The van der Waals surface area contributed by atoms with Crippen LogP contribution in [0.4, 0.5) is 5.69 Å². The highest BCUT2D eigenvalue weighted by Gasteiger charge is 2.26. The molecule has 0 aromatic heterocycles. The topological polar surface area (TPSA) is 69.6 Å². The van der Waals surface area contributed by atoms with E-state index in [0.717, 1.165) is 29.9 Å². The minimum absolute atomic E-state index is 0.147. The van der Waals surface area contributed by atoms with Crippen molar-refractivity contribution >= 4 is 48.8 Å². The van der Waals surface area contributed by atoms with Crippen molar-refractivity contribution in [1.82, 2.24) is 4.72 Å². The largest absolute Gasteiger partial charge is 0.393 e. The number of thiocarbonyl (C=S) groups is 1. The number of benzene rings is 1. The molecule has 0 spiro atoms. The number of allylic oxidation sites excluding steroid dienone is 1. The van der Waals surface area contributed by atoms with E-state index in [2.05, 4.69) is 27.2 Å². The maximum atomic E-state index is 12.7. The second kappa shape index (κ2) is 7.51. The standard InChI is InChI=1S/C16H21BrN2O3S2/c1-10(2)19-7-6-12-8-13(17)15(9-14(12)19)24(21,22)18-16(23)5-4-11(3)20/h8-9,11,20H,1,4-7H2,2-3H3,(H,18,23). The quantitative estimate of drug-likeness (QED) is 0.675. The van der Waals surface area contributed by atoms with Gasteiger partial charge in [0.1, 0.15) is 4.90 Å². The van der Waals surface area contributed by atoms with Crippen LogP contribution in [0, 0.1) is 0 Å². The minimum Gasteiger partial charge on any atom is -0.393 e. The average molecular weight is 433 g/mol. The van der Waals surface area contributed by atoms with Gasteiger partial charge in [0.2, 0.25) is 0 Å². The molecule has 1 aromatic rings. The van der Waals surface area contributed by atoms with Gasteiger partial charge in [-0.3, -0.25) is 4.72 Å². The Morgan fingerprint density at radius 2 is 2.21 bits per heavy atom. The number of nitrogens with zero attached hydrogens (tertiary/aromatic N) is 1. The number of sulfonamides is 1. The van der Waals surface area contributed by atoms with E-state index in [1.807, 2.05) is 17.9 Å². The molecular weight excluding hydrogens is 412 g/mol. The van der Waals surface area contributed by atoms with Crippen molar-refractivity contribution in [3.63, 3.8) is 0 Å². The highest BCUT2D eigenvalue weighted by atomic mass is 79.9. The Balaban J connectivity index is 2.29. The molecule has 1 atom stereocenters. The van der Waals surface area contributed by atoms with Crippen molar-refractivity contribution in [1.29, 1.82) is 0 Å². The van der Waals surface area contributed by atoms with Crippen LogP contribution < -0.4 is 9.62 Å². The fourth-order valence-corrected chi connectivity index (χ4v) is 5.16. The van der Waals surface area contributed by atoms with Crippen LogP contribution in [0.1, 0.15) is 32.3 Å². The van der Waals surface area contributed by atoms with Gasteiger partial charge in [0.05, 0.1) is 11.1 Å². The number of nitrogens with one attached hydrogen (secondary N) is 1. The number of hydrogen-bond donors (Lipinski definition) is 2. The van der Waals surface area contributed by atoms with Crippen LogP contribution in [0.15, 0.2) is 33.8 Å². The maximum Gasteiger partial charge on any atom is 0.263 e. The first-order valence-electron chi connectivity index (χ1n) is 7.61. The predicted molar refractivity (Wildman–Crippen MR) is 104 cm³/mol. The van der Waals surface area contributed by atoms with Crippen molar-refractivity contribution in [2.75, 3.05) is 11.4 Å². The second-order valence-corrected chi connectivity index (χ2v) is 8.96. The summed E-state index contributed by atoms with van der Waals surface area (Å²) >= 11 is 8.44. The molecule has 8 heteroatoms. The van der Waals surface area contributed by atoms with E-state index in [0.29, 0.717) is 17.3 Å². The lowest BCUT2D eigenvalue weighted by Crippen LogP contribution is -2.30. The van der Waals surface area contributed by atoms with Crippen molar-refractivity contribution in [2.45, 2.75) is 44.1 Å². The molecule has 1 aliphatic heterocycles. The van der Waals surface area contributed by atoms with Crippen molar-refractivity contribution < 1.29 is 13.5 Å². The molecule has 1 aromatic carbocycles. The molecule has 1 unspecified atom stereocenters. The van der Waals surface area contributed by atoms with Crippen LogP contribution in [0.3, 0.4) is 0 Å². The van der Waals surface area contributed by atoms with E-state index in [4.69, 9.17) is 12.2 Å². The highest BCUT2D eigenvalue weighted by molar-refractivity contribution is 9.10. The number of hydrogen-bond acceptors (Lipinski definition) is 5. The summed E-state index contributed by atoms with van der Waals surface area (Å²) in [4.78, 5) is 2.35. The molecule has 0 saturated heterocycles. The van der Waals surface area contributed by atoms with E-state index in [1.165, 1.54) is 0 Å². The zero-order valence-electron chi connectivity index (χ0n) is 13.7. The van der Waals surface area contributed by atoms with Crippen LogP contribution in [0.2, 0.25) is 0 Å². The Bertz CT molecular complexity index is 776. The fourth-order valence-electron chi connectivity index (χ4n) is 2.59. The Morgan fingerprint density at radius 1 is 1.54 bits per heavy atom. The number of halogens is 1. The molecule has 0 saturated carbocycles. The Morgan fingerprint density at radius 3 is 2.79 bits per heavy atom. The summed E-state index contributed by atoms with van der Waals surface area (Å²) in [5.41, 5.74) is 2.82. The van der Waals surface area contributed by atoms with E-state index in [1.54, 1.807) is 13.0 Å². The molecule has 0 bridgehead atoms. The van der Waals surface area contributed by atoms with Crippen molar-refractivity contribution in [2.24, 2.45) is 0 Å².